The molecular formula is C16H26N2O5S. The summed E-state index contributed by atoms with van der Waals surface area (Å²) in [5, 5.41) is 2.68. The molecule has 1 N–H and O–H groups in total. The normalized spacial score (nSPS) is 11.4. The van der Waals surface area contributed by atoms with Crippen molar-refractivity contribution in [1.29, 1.82) is 0 Å². The highest BCUT2D eigenvalue weighted by Gasteiger charge is 2.20. The van der Waals surface area contributed by atoms with E-state index < -0.39 is 15.9 Å². The molecule has 1 aromatic carbocycles. The van der Waals surface area contributed by atoms with Gasteiger partial charge in [-0.15, -0.1) is 0 Å². The molecule has 1 amide bonds. The summed E-state index contributed by atoms with van der Waals surface area (Å²) in [5.74, 6) is 0.627. The predicted molar refractivity (Wildman–Crippen MR) is 94.1 cm³/mol. The highest BCUT2D eigenvalue weighted by molar-refractivity contribution is 7.88. The summed E-state index contributed by atoms with van der Waals surface area (Å²) in [6.07, 6.45) is 3.73. The fourth-order valence-electron chi connectivity index (χ4n) is 2.15. The summed E-state index contributed by atoms with van der Waals surface area (Å²) in [4.78, 5) is 12.2. The molecule has 0 radical (unpaired) electrons. The van der Waals surface area contributed by atoms with Crippen LogP contribution in [0.3, 0.4) is 0 Å². The molecule has 0 aliphatic heterocycles. The molecule has 7 nitrogen and oxygen atoms in total. The third kappa shape index (κ3) is 6.37. The third-order valence-electron chi connectivity index (χ3n) is 3.48. The summed E-state index contributed by atoms with van der Waals surface area (Å²) in [6, 6.07) is 4.98. The molecule has 0 saturated carbocycles. The highest BCUT2D eigenvalue weighted by Crippen LogP contribution is 2.28. The molecule has 0 unspecified atom stereocenters. The number of benzene rings is 1. The Morgan fingerprint density at radius 1 is 1.21 bits per heavy atom. The van der Waals surface area contributed by atoms with Gasteiger partial charge in [-0.05, 0) is 18.6 Å². The lowest BCUT2D eigenvalue weighted by atomic mass is 10.2. The second kappa shape index (κ2) is 9.48. The lowest BCUT2D eigenvalue weighted by Gasteiger charge is -2.20. The average Bonchev–Trinajstić information content (AvgIpc) is 2.53. The minimum Gasteiger partial charge on any atom is -0.497 e. The monoisotopic (exact) mass is 358 g/mol. The number of sulfonamides is 1. The number of hydrogen-bond acceptors (Lipinski definition) is 5. The van der Waals surface area contributed by atoms with E-state index in [2.05, 4.69) is 5.32 Å². The first-order valence-corrected chi connectivity index (χ1v) is 9.63. The van der Waals surface area contributed by atoms with E-state index in [-0.39, 0.29) is 6.54 Å². The average molecular weight is 358 g/mol. The largest absolute Gasteiger partial charge is 0.497 e. The Balaban J connectivity index is 2.78. The van der Waals surface area contributed by atoms with E-state index in [9.17, 15) is 13.2 Å². The fraction of sp³-hybridized carbons (Fsp3) is 0.562. The number of rotatable bonds is 10. The van der Waals surface area contributed by atoms with Crippen molar-refractivity contribution in [1.82, 2.24) is 4.31 Å². The van der Waals surface area contributed by atoms with Crippen LogP contribution >= 0.6 is 0 Å². The molecule has 0 saturated heterocycles. The van der Waals surface area contributed by atoms with Gasteiger partial charge in [-0.2, -0.15) is 4.31 Å². The summed E-state index contributed by atoms with van der Waals surface area (Å²) < 4.78 is 35.2. The van der Waals surface area contributed by atoms with E-state index in [4.69, 9.17) is 9.47 Å². The topological polar surface area (TPSA) is 84.9 Å². The van der Waals surface area contributed by atoms with Gasteiger partial charge in [-0.25, -0.2) is 8.42 Å². The van der Waals surface area contributed by atoms with Crippen LogP contribution < -0.4 is 14.8 Å². The van der Waals surface area contributed by atoms with E-state index in [0.29, 0.717) is 23.7 Å². The van der Waals surface area contributed by atoms with Crippen molar-refractivity contribution in [2.45, 2.75) is 26.2 Å². The Kier molecular flexibility index (Phi) is 8.00. The summed E-state index contributed by atoms with van der Waals surface area (Å²) in [6.45, 7) is 2.14. The summed E-state index contributed by atoms with van der Waals surface area (Å²) >= 11 is 0. The van der Waals surface area contributed by atoms with Crippen LogP contribution in [0.5, 0.6) is 11.5 Å². The summed E-state index contributed by atoms with van der Waals surface area (Å²) in [5.41, 5.74) is 0.463. The Morgan fingerprint density at radius 2 is 1.92 bits per heavy atom. The van der Waals surface area contributed by atoms with Crippen molar-refractivity contribution in [3.05, 3.63) is 18.2 Å². The number of anilines is 1. The number of ether oxygens (including phenoxy) is 2. The zero-order chi connectivity index (χ0) is 18.2. The number of unbranched alkanes of at least 4 members (excludes halogenated alkanes) is 2. The van der Waals surface area contributed by atoms with Gasteiger partial charge >= 0.3 is 0 Å². The van der Waals surface area contributed by atoms with Gasteiger partial charge in [0.2, 0.25) is 15.9 Å². The minimum absolute atomic E-state index is 0.224. The highest BCUT2D eigenvalue weighted by atomic mass is 32.2. The predicted octanol–water partition coefficient (Wildman–Crippen LogP) is 2.09. The van der Waals surface area contributed by atoms with Gasteiger partial charge in [-0.1, -0.05) is 19.8 Å². The van der Waals surface area contributed by atoms with Crippen LogP contribution in [0, 0.1) is 0 Å². The van der Waals surface area contributed by atoms with Crippen LogP contribution in [-0.2, 0) is 14.8 Å². The first kappa shape index (κ1) is 20.2. The zero-order valence-electron chi connectivity index (χ0n) is 14.7. The van der Waals surface area contributed by atoms with Gasteiger partial charge in [-0.3, -0.25) is 4.79 Å². The molecule has 24 heavy (non-hydrogen) atoms. The molecule has 1 rings (SSSR count). The zero-order valence-corrected chi connectivity index (χ0v) is 15.5. The number of nitrogens with zero attached hydrogens (tertiary/aromatic N) is 1. The standard InChI is InChI=1S/C16H26N2O5S/c1-5-6-7-10-18(24(4,20)21)12-16(19)17-14-9-8-13(22-2)11-15(14)23-3/h8-9,11H,5-7,10,12H2,1-4H3,(H,17,19). The van der Waals surface area contributed by atoms with Gasteiger partial charge in [0.05, 0.1) is 32.7 Å². The maximum absolute atomic E-state index is 12.2. The van der Waals surface area contributed by atoms with Crippen LogP contribution in [0.4, 0.5) is 5.69 Å². The maximum Gasteiger partial charge on any atom is 0.239 e. The molecule has 0 fully saturated rings. The quantitative estimate of drug-likeness (QED) is 0.648. The van der Waals surface area contributed by atoms with Crippen molar-refractivity contribution < 1.29 is 22.7 Å². The van der Waals surface area contributed by atoms with E-state index in [1.54, 1.807) is 18.2 Å². The van der Waals surface area contributed by atoms with Crippen LogP contribution in [0.1, 0.15) is 26.2 Å². The van der Waals surface area contributed by atoms with Gasteiger partial charge in [0.1, 0.15) is 11.5 Å². The SMILES string of the molecule is CCCCCN(CC(=O)Nc1ccc(OC)cc1OC)S(C)(=O)=O. The first-order chi connectivity index (χ1) is 11.3. The smallest absolute Gasteiger partial charge is 0.239 e. The van der Waals surface area contributed by atoms with Gasteiger partial charge in [0, 0.05) is 12.6 Å². The van der Waals surface area contributed by atoms with Gasteiger partial charge in [0.15, 0.2) is 0 Å². The molecule has 0 atom stereocenters. The minimum atomic E-state index is -3.44. The van der Waals surface area contributed by atoms with Crippen LogP contribution in [0.2, 0.25) is 0 Å². The number of amides is 1. The van der Waals surface area contributed by atoms with Crippen molar-refractivity contribution in [2.75, 3.05) is 38.9 Å². The maximum atomic E-state index is 12.2. The Labute approximate surface area is 144 Å². The van der Waals surface area contributed by atoms with Gasteiger partial charge < -0.3 is 14.8 Å². The van der Waals surface area contributed by atoms with E-state index in [1.165, 1.54) is 18.5 Å². The second-order valence-electron chi connectivity index (χ2n) is 5.42. The molecule has 1 aromatic rings. The van der Waals surface area contributed by atoms with E-state index >= 15 is 0 Å². The molecule has 8 heteroatoms. The Bertz CT molecular complexity index is 646. The lowest BCUT2D eigenvalue weighted by Crippen LogP contribution is -2.38. The molecule has 0 aliphatic rings. The second-order valence-corrected chi connectivity index (χ2v) is 7.40. The number of carbonyl (C=O) groups is 1. The Morgan fingerprint density at radius 3 is 2.46 bits per heavy atom. The number of carbonyl (C=O) groups excluding carboxylic acids is 1. The van der Waals surface area contributed by atoms with E-state index in [1.807, 2.05) is 6.92 Å². The van der Waals surface area contributed by atoms with Crippen LogP contribution in [-0.4, -0.2) is 52.2 Å². The molecule has 0 bridgehead atoms. The molecular weight excluding hydrogens is 332 g/mol. The first-order valence-electron chi connectivity index (χ1n) is 7.78. The van der Waals surface area contributed by atoms with Crippen molar-refractivity contribution in [3.8, 4) is 11.5 Å². The number of nitrogens with one attached hydrogen (secondary N) is 1. The van der Waals surface area contributed by atoms with Crippen LogP contribution in [0.15, 0.2) is 18.2 Å². The fourth-order valence-corrected chi connectivity index (χ4v) is 2.96. The van der Waals surface area contributed by atoms with Crippen molar-refractivity contribution >= 4 is 21.6 Å². The summed E-state index contributed by atoms with van der Waals surface area (Å²) in [7, 11) is -0.419. The number of methoxy groups -OCH3 is 2. The van der Waals surface area contributed by atoms with Crippen molar-refractivity contribution in [3.63, 3.8) is 0 Å². The van der Waals surface area contributed by atoms with Crippen molar-refractivity contribution in [2.24, 2.45) is 0 Å². The molecule has 136 valence electrons. The molecule has 0 aromatic heterocycles. The number of hydrogen-bond donors (Lipinski definition) is 1. The molecule has 0 spiro atoms. The van der Waals surface area contributed by atoms with E-state index in [0.717, 1.165) is 25.5 Å². The Hall–Kier alpha value is -1.80. The molecule has 0 heterocycles. The van der Waals surface area contributed by atoms with Gasteiger partial charge in [0.25, 0.3) is 0 Å². The lowest BCUT2D eigenvalue weighted by molar-refractivity contribution is -0.116. The third-order valence-corrected chi connectivity index (χ3v) is 4.73. The molecule has 0 aliphatic carbocycles. The van der Waals surface area contributed by atoms with Crippen LogP contribution in [0.25, 0.3) is 0 Å².